The van der Waals surface area contributed by atoms with E-state index < -0.39 is 6.09 Å². The molecule has 0 spiro atoms. The first-order chi connectivity index (χ1) is 6.74. The third kappa shape index (κ3) is 1.12. The highest BCUT2D eigenvalue weighted by Crippen LogP contribution is 2.47. The number of nitrogens with two attached hydrogens (primary N) is 1. The van der Waals surface area contributed by atoms with E-state index >= 15 is 0 Å². The molecular weight excluding hydrogens is 186 g/mol. The molecule has 0 aromatic heterocycles. The van der Waals surface area contributed by atoms with Crippen molar-refractivity contribution in [1.29, 1.82) is 0 Å². The fourth-order valence-corrected chi connectivity index (χ4v) is 2.83. The molecule has 1 saturated carbocycles. The van der Waals surface area contributed by atoms with E-state index in [4.69, 9.17) is 19.9 Å². The molecule has 2 heterocycles. The Morgan fingerprint density at radius 1 is 1.43 bits per heavy atom. The zero-order valence-corrected chi connectivity index (χ0v) is 7.72. The Balaban J connectivity index is 1.75. The van der Waals surface area contributed by atoms with Crippen LogP contribution in [0.4, 0.5) is 4.79 Å². The van der Waals surface area contributed by atoms with Crippen LogP contribution in [0.15, 0.2) is 0 Å². The minimum absolute atomic E-state index is 0.00551. The monoisotopic (exact) mass is 199 g/mol. The van der Waals surface area contributed by atoms with Gasteiger partial charge in [0.15, 0.2) is 6.29 Å². The van der Waals surface area contributed by atoms with Gasteiger partial charge in [-0.2, -0.15) is 0 Å². The quantitative estimate of drug-likeness (QED) is 0.656. The van der Waals surface area contributed by atoms with Crippen LogP contribution in [0, 0.1) is 11.8 Å². The SMILES string of the molecule is NC(=O)O[C@H]1C[C@H]2CO[C@H]3OC1C[C@@H]23. The standard InChI is InChI=1S/C9H13NO4/c10-9(11)14-6-1-4-3-12-8-5(4)2-7(6)13-8/h4-8H,1-3H2,(H2,10,11)/t4-,5-,6-,7?,8-/m0/s1. The van der Waals surface area contributed by atoms with E-state index in [0.717, 1.165) is 19.4 Å². The summed E-state index contributed by atoms with van der Waals surface area (Å²) in [6.45, 7) is 0.723. The van der Waals surface area contributed by atoms with Crippen LogP contribution in [0.2, 0.25) is 0 Å². The fourth-order valence-electron chi connectivity index (χ4n) is 2.83. The first-order valence-corrected chi connectivity index (χ1v) is 4.97. The Labute approximate surface area is 81.5 Å². The number of fused-ring (bicyclic) bond motifs is 1. The Morgan fingerprint density at radius 3 is 3.07 bits per heavy atom. The molecule has 3 fully saturated rings. The van der Waals surface area contributed by atoms with E-state index in [1.165, 1.54) is 0 Å². The van der Waals surface area contributed by atoms with E-state index in [0.29, 0.717) is 11.8 Å². The van der Waals surface area contributed by atoms with Crippen molar-refractivity contribution in [3.05, 3.63) is 0 Å². The van der Waals surface area contributed by atoms with Gasteiger partial charge in [-0.05, 0) is 18.8 Å². The molecule has 2 saturated heterocycles. The zero-order chi connectivity index (χ0) is 9.71. The molecule has 0 radical (unpaired) electrons. The number of rotatable bonds is 1. The average molecular weight is 199 g/mol. The first-order valence-electron chi connectivity index (χ1n) is 4.97. The summed E-state index contributed by atoms with van der Waals surface area (Å²) < 4.78 is 16.1. The highest BCUT2D eigenvalue weighted by atomic mass is 16.7. The van der Waals surface area contributed by atoms with Crippen molar-refractivity contribution in [2.24, 2.45) is 17.6 Å². The van der Waals surface area contributed by atoms with Gasteiger partial charge >= 0.3 is 6.09 Å². The predicted molar refractivity (Wildman–Crippen MR) is 45.3 cm³/mol. The maximum absolute atomic E-state index is 10.7. The molecule has 78 valence electrons. The number of hydrogen-bond acceptors (Lipinski definition) is 4. The highest BCUT2D eigenvalue weighted by Gasteiger charge is 2.53. The van der Waals surface area contributed by atoms with Gasteiger partial charge in [-0.25, -0.2) is 4.79 Å². The second-order valence-corrected chi connectivity index (χ2v) is 4.25. The van der Waals surface area contributed by atoms with Gasteiger partial charge in [0.25, 0.3) is 0 Å². The van der Waals surface area contributed by atoms with Crippen molar-refractivity contribution >= 4 is 6.09 Å². The van der Waals surface area contributed by atoms with Gasteiger partial charge in [-0.3, -0.25) is 0 Å². The van der Waals surface area contributed by atoms with Gasteiger partial charge in [-0.1, -0.05) is 0 Å². The van der Waals surface area contributed by atoms with Crippen molar-refractivity contribution in [3.63, 3.8) is 0 Å². The summed E-state index contributed by atoms with van der Waals surface area (Å²) in [7, 11) is 0. The minimum atomic E-state index is -0.708. The van der Waals surface area contributed by atoms with Crippen LogP contribution in [0.5, 0.6) is 0 Å². The molecule has 1 aliphatic carbocycles. The third-order valence-electron chi connectivity index (χ3n) is 3.46. The molecule has 2 bridgehead atoms. The van der Waals surface area contributed by atoms with Crippen LogP contribution in [0.25, 0.3) is 0 Å². The van der Waals surface area contributed by atoms with Gasteiger partial charge in [0.05, 0.1) is 12.7 Å². The molecular formula is C9H13NO4. The molecule has 0 aromatic rings. The average Bonchev–Trinajstić information content (AvgIpc) is 2.60. The van der Waals surface area contributed by atoms with Gasteiger partial charge in [-0.15, -0.1) is 0 Å². The number of carbonyl (C=O) groups excluding carboxylic acids is 1. The summed E-state index contributed by atoms with van der Waals surface area (Å²) in [5, 5.41) is 0. The summed E-state index contributed by atoms with van der Waals surface area (Å²) in [6.07, 6.45) is 0.825. The van der Waals surface area contributed by atoms with Crippen LogP contribution in [0.3, 0.4) is 0 Å². The number of ether oxygens (including phenoxy) is 3. The van der Waals surface area contributed by atoms with E-state index in [-0.39, 0.29) is 18.5 Å². The lowest BCUT2D eigenvalue weighted by Crippen LogP contribution is -2.39. The molecule has 0 aromatic carbocycles. The molecule has 14 heavy (non-hydrogen) atoms. The normalized spacial score (nSPS) is 49.3. The number of primary amides is 1. The molecule has 1 unspecified atom stereocenters. The Morgan fingerprint density at radius 2 is 2.29 bits per heavy atom. The van der Waals surface area contributed by atoms with Crippen LogP contribution in [0.1, 0.15) is 12.8 Å². The summed E-state index contributed by atoms with van der Waals surface area (Å²) >= 11 is 0. The third-order valence-corrected chi connectivity index (χ3v) is 3.46. The Bertz CT molecular complexity index is 268. The summed E-state index contributed by atoms with van der Waals surface area (Å²) in [5.41, 5.74) is 5.00. The minimum Gasteiger partial charge on any atom is -0.444 e. The predicted octanol–water partition coefficient (Wildman–Crippen LogP) is 0.232. The second-order valence-electron chi connectivity index (χ2n) is 4.25. The molecule has 2 aliphatic heterocycles. The van der Waals surface area contributed by atoms with Crippen LogP contribution in [-0.4, -0.2) is 31.2 Å². The lowest BCUT2D eigenvalue weighted by Gasteiger charge is -2.30. The summed E-state index contributed by atoms with van der Waals surface area (Å²) in [6, 6.07) is 0. The van der Waals surface area contributed by atoms with Crippen molar-refractivity contribution in [1.82, 2.24) is 0 Å². The van der Waals surface area contributed by atoms with Crippen LogP contribution in [-0.2, 0) is 14.2 Å². The van der Waals surface area contributed by atoms with Gasteiger partial charge in [0.1, 0.15) is 6.10 Å². The van der Waals surface area contributed by atoms with E-state index in [9.17, 15) is 4.79 Å². The molecule has 1 amide bonds. The van der Waals surface area contributed by atoms with Crippen LogP contribution >= 0.6 is 0 Å². The molecule has 5 heteroatoms. The number of amides is 1. The molecule has 2 N–H and O–H groups in total. The van der Waals surface area contributed by atoms with Crippen molar-refractivity contribution in [3.8, 4) is 0 Å². The number of hydrogen-bond donors (Lipinski definition) is 1. The zero-order valence-electron chi connectivity index (χ0n) is 7.72. The molecule has 5 atom stereocenters. The smallest absolute Gasteiger partial charge is 0.404 e. The van der Waals surface area contributed by atoms with E-state index in [1.807, 2.05) is 0 Å². The first kappa shape index (κ1) is 8.49. The van der Waals surface area contributed by atoms with E-state index in [2.05, 4.69) is 0 Å². The molecule has 3 aliphatic rings. The van der Waals surface area contributed by atoms with Gasteiger partial charge in [0.2, 0.25) is 0 Å². The van der Waals surface area contributed by atoms with E-state index in [1.54, 1.807) is 0 Å². The summed E-state index contributed by atoms with van der Waals surface area (Å²) in [4.78, 5) is 10.7. The Kier molecular flexibility index (Phi) is 1.72. The molecule has 5 nitrogen and oxygen atoms in total. The molecule has 3 rings (SSSR count). The van der Waals surface area contributed by atoms with Crippen molar-refractivity contribution < 1.29 is 19.0 Å². The second kappa shape index (κ2) is 2.84. The maximum Gasteiger partial charge on any atom is 0.404 e. The van der Waals surface area contributed by atoms with Crippen LogP contribution < -0.4 is 5.73 Å². The Hall–Kier alpha value is -0.810. The van der Waals surface area contributed by atoms with Crippen molar-refractivity contribution in [2.75, 3.05) is 6.61 Å². The fraction of sp³-hybridized carbons (Fsp3) is 0.889. The summed E-state index contributed by atoms with van der Waals surface area (Å²) in [5.74, 6) is 0.982. The number of carbonyl (C=O) groups is 1. The van der Waals surface area contributed by atoms with Gasteiger partial charge < -0.3 is 19.9 Å². The largest absolute Gasteiger partial charge is 0.444 e. The topological polar surface area (TPSA) is 70.8 Å². The lowest BCUT2D eigenvalue weighted by molar-refractivity contribution is -0.146. The van der Waals surface area contributed by atoms with Gasteiger partial charge in [0, 0.05) is 5.92 Å². The van der Waals surface area contributed by atoms with Crippen molar-refractivity contribution in [2.45, 2.75) is 31.3 Å². The highest BCUT2D eigenvalue weighted by molar-refractivity contribution is 5.64. The maximum atomic E-state index is 10.7. The lowest BCUT2D eigenvalue weighted by atomic mass is 9.80.